The Labute approximate surface area is 82.1 Å². The largest absolute Gasteiger partial charge is 0.0573 e. The lowest BCUT2D eigenvalue weighted by molar-refractivity contribution is 0.786. The smallest absolute Gasteiger partial charge is 0.0204 e. The summed E-state index contributed by atoms with van der Waals surface area (Å²) in [6.45, 7) is 4.50. The summed E-state index contributed by atoms with van der Waals surface area (Å²) < 4.78 is 1.22. The molecule has 0 radical (unpaired) electrons. The molecule has 1 aliphatic carbocycles. The second kappa shape index (κ2) is 2.59. The molecule has 1 aliphatic rings. The van der Waals surface area contributed by atoms with Crippen molar-refractivity contribution in [1.82, 2.24) is 0 Å². The molecule has 0 saturated heterocycles. The quantitative estimate of drug-likeness (QED) is 0.681. The Hall–Kier alpha value is -0.300. The van der Waals surface area contributed by atoms with E-state index in [4.69, 9.17) is 0 Å². The van der Waals surface area contributed by atoms with Crippen molar-refractivity contribution in [3.8, 4) is 0 Å². The van der Waals surface area contributed by atoms with Crippen LogP contribution in [0.1, 0.15) is 30.9 Å². The van der Waals surface area contributed by atoms with E-state index in [1.165, 1.54) is 28.4 Å². The van der Waals surface area contributed by atoms with E-state index >= 15 is 0 Å². The van der Waals surface area contributed by atoms with Gasteiger partial charge in [-0.2, -0.15) is 0 Å². The van der Waals surface area contributed by atoms with Crippen LogP contribution in [0.3, 0.4) is 0 Å². The Morgan fingerprint density at radius 3 is 2.50 bits per heavy atom. The van der Waals surface area contributed by atoms with E-state index < -0.39 is 0 Å². The first-order valence-electron chi connectivity index (χ1n) is 4.38. The third kappa shape index (κ3) is 1.31. The van der Waals surface area contributed by atoms with Crippen molar-refractivity contribution in [2.75, 3.05) is 0 Å². The van der Waals surface area contributed by atoms with Crippen molar-refractivity contribution < 1.29 is 0 Å². The lowest BCUT2D eigenvalue weighted by atomic mass is 9.97. The average molecular weight is 225 g/mol. The molecule has 0 aliphatic heterocycles. The third-order valence-electron chi connectivity index (χ3n) is 2.85. The summed E-state index contributed by atoms with van der Waals surface area (Å²) in [6.07, 6.45) is 2.71. The van der Waals surface area contributed by atoms with Gasteiger partial charge < -0.3 is 0 Å². The van der Waals surface area contributed by atoms with Crippen LogP contribution in [0.2, 0.25) is 0 Å². The highest BCUT2D eigenvalue weighted by Crippen LogP contribution is 2.47. The fourth-order valence-electron chi connectivity index (χ4n) is 1.50. The van der Waals surface area contributed by atoms with Crippen LogP contribution in [0.4, 0.5) is 0 Å². The molecule has 1 saturated carbocycles. The van der Waals surface area contributed by atoms with Gasteiger partial charge in [-0.15, -0.1) is 0 Å². The molecule has 1 aromatic rings. The number of halogens is 1. The van der Waals surface area contributed by atoms with E-state index in [1.54, 1.807) is 0 Å². The van der Waals surface area contributed by atoms with Crippen LogP contribution in [0, 0.1) is 6.92 Å². The van der Waals surface area contributed by atoms with Crippen molar-refractivity contribution in [3.63, 3.8) is 0 Å². The fourth-order valence-corrected chi connectivity index (χ4v) is 1.74. The number of hydrogen-bond donors (Lipinski definition) is 0. The SMILES string of the molecule is Cc1cc(C2(C)CC2)ccc1Br. The molecule has 0 spiro atoms. The second-order valence-corrected chi connectivity index (χ2v) is 4.88. The molecule has 2 rings (SSSR count). The molecule has 0 aromatic heterocycles. The molecule has 0 nitrogen and oxygen atoms in total. The van der Waals surface area contributed by atoms with Crippen LogP contribution < -0.4 is 0 Å². The number of rotatable bonds is 1. The molecule has 1 fully saturated rings. The zero-order valence-electron chi connectivity index (χ0n) is 7.52. The van der Waals surface area contributed by atoms with Gasteiger partial charge in [0.2, 0.25) is 0 Å². The van der Waals surface area contributed by atoms with Crippen LogP contribution in [0.25, 0.3) is 0 Å². The number of benzene rings is 1. The molecule has 1 heteroatoms. The van der Waals surface area contributed by atoms with Crippen molar-refractivity contribution in [1.29, 1.82) is 0 Å². The molecule has 12 heavy (non-hydrogen) atoms. The van der Waals surface area contributed by atoms with Gasteiger partial charge in [0.05, 0.1) is 0 Å². The van der Waals surface area contributed by atoms with Crippen molar-refractivity contribution in [2.45, 2.75) is 32.1 Å². The summed E-state index contributed by atoms with van der Waals surface area (Å²) in [4.78, 5) is 0. The van der Waals surface area contributed by atoms with E-state index in [0.29, 0.717) is 5.41 Å². The van der Waals surface area contributed by atoms with Crippen LogP contribution in [-0.4, -0.2) is 0 Å². The van der Waals surface area contributed by atoms with E-state index in [1.807, 2.05) is 0 Å². The van der Waals surface area contributed by atoms with Gasteiger partial charge >= 0.3 is 0 Å². The van der Waals surface area contributed by atoms with Gasteiger partial charge in [-0.3, -0.25) is 0 Å². The minimum atomic E-state index is 0.505. The predicted molar refractivity (Wildman–Crippen MR) is 55.5 cm³/mol. The third-order valence-corrected chi connectivity index (χ3v) is 3.74. The zero-order chi connectivity index (χ0) is 8.77. The van der Waals surface area contributed by atoms with Crippen LogP contribution in [0.15, 0.2) is 22.7 Å². The molecular formula is C11H13Br. The summed E-state index contributed by atoms with van der Waals surface area (Å²) in [5, 5.41) is 0. The Bertz CT molecular complexity index is 311. The summed E-state index contributed by atoms with van der Waals surface area (Å²) in [5.41, 5.74) is 3.36. The minimum absolute atomic E-state index is 0.505. The van der Waals surface area contributed by atoms with E-state index in [9.17, 15) is 0 Å². The van der Waals surface area contributed by atoms with Crippen molar-refractivity contribution in [3.05, 3.63) is 33.8 Å². The van der Waals surface area contributed by atoms with Crippen LogP contribution in [-0.2, 0) is 5.41 Å². The van der Waals surface area contributed by atoms with Gasteiger partial charge in [-0.25, -0.2) is 0 Å². The normalized spacial score (nSPS) is 19.2. The Morgan fingerprint density at radius 1 is 1.33 bits per heavy atom. The molecule has 0 amide bonds. The Kier molecular flexibility index (Phi) is 1.80. The van der Waals surface area contributed by atoms with Crippen molar-refractivity contribution >= 4 is 15.9 Å². The maximum atomic E-state index is 3.52. The second-order valence-electron chi connectivity index (χ2n) is 4.02. The van der Waals surface area contributed by atoms with Gasteiger partial charge in [0.15, 0.2) is 0 Å². The molecule has 0 N–H and O–H groups in total. The first kappa shape index (κ1) is 8.31. The van der Waals surface area contributed by atoms with Crippen molar-refractivity contribution in [2.24, 2.45) is 0 Å². The Balaban J connectivity index is 2.41. The fraction of sp³-hybridized carbons (Fsp3) is 0.455. The van der Waals surface area contributed by atoms with E-state index in [-0.39, 0.29) is 0 Å². The summed E-state index contributed by atoms with van der Waals surface area (Å²) in [6, 6.07) is 6.70. The summed E-state index contributed by atoms with van der Waals surface area (Å²) >= 11 is 3.52. The lowest BCUT2D eigenvalue weighted by Gasteiger charge is -2.09. The molecule has 0 unspecified atom stereocenters. The molecular weight excluding hydrogens is 212 g/mol. The monoisotopic (exact) mass is 224 g/mol. The summed E-state index contributed by atoms with van der Waals surface area (Å²) in [5.74, 6) is 0. The van der Waals surface area contributed by atoms with Gasteiger partial charge in [0, 0.05) is 4.47 Å². The highest BCUT2D eigenvalue weighted by atomic mass is 79.9. The highest BCUT2D eigenvalue weighted by Gasteiger charge is 2.38. The highest BCUT2D eigenvalue weighted by molar-refractivity contribution is 9.10. The topological polar surface area (TPSA) is 0 Å². The minimum Gasteiger partial charge on any atom is -0.0573 e. The van der Waals surface area contributed by atoms with Gasteiger partial charge in [-0.05, 0) is 42.4 Å². The molecule has 0 bridgehead atoms. The maximum Gasteiger partial charge on any atom is 0.0204 e. The molecule has 0 heterocycles. The first-order valence-corrected chi connectivity index (χ1v) is 5.18. The van der Waals surface area contributed by atoms with Gasteiger partial charge in [0.25, 0.3) is 0 Å². The zero-order valence-corrected chi connectivity index (χ0v) is 9.11. The number of aryl methyl sites for hydroxylation is 1. The van der Waals surface area contributed by atoms with Gasteiger partial charge in [-0.1, -0.05) is 35.0 Å². The van der Waals surface area contributed by atoms with Gasteiger partial charge in [0.1, 0.15) is 0 Å². The summed E-state index contributed by atoms with van der Waals surface area (Å²) in [7, 11) is 0. The van der Waals surface area contributed by atoms with E-state index in [2.05, 4.69) is 48.0 Å². The standard InChI is InChI=1S/C11H13Br/c1-8-7-9(3-4-10(8)12)11(2)5-6-11/h3-4,7H,5-6H2,1-2H3. The maximum absolute atomic E-state index is 3.52. The molecule has 64 valence electrons. The first-order chi connectivity index (χ1) is 5.62. The van der Waals surface area contributed by atoms with Crippen LogP contribution in [0.5, 0.6) is 0 Å². The number of hydrogen-bond acceptors (Lipinski definition) is 0. The average Bonchev–Trinajstić information content (AvgIpc) is 2.75. The lowest BCUT2D eigenvalue weighted by Crippen LogP contribution is -1.99. The molecule has 0 atom stereocenters. The molecule has 1 aromatic carbocycles. The predicted octanol–water partition coefficient (Wildman–Crippen LogP) is 3.81. The van der Waals surface area contributed by atoms with Crippen LogP contribution >= 0.6 is 15.9 Å². The van der Waals surface area contributed by atoms with E-state index in [0.717, 1.165) is 0 Å². The Morgan fingerprint density at radius 2 is 2.00 bits per heavy atom.